The highest BCUT2D eigenvalue weighted by molar-refractivity contribution is 5.82. The lowest BCUT2D eigenvalue weighted by Gasteiger charge is -2.14. The van der Waals surface area contributed by atoms with Gasteiger partial charge in [0.25, 0.3) is 0 Å². The van der Waals surface area contributed by atoms with Crippen molar-refractivity contribution in [2.75, 3.05) is 13.2 Å². The number of ether oxygens (including phenoxy) is 2. The molecule has 1 aliphatic carbocycles. The molecule has 8 nitrogen and oxygen atoms in total. The minimum absolute atomic E-state index is 0.0431. The van der Waals surface area contributed by atoms with Crippen LogP contribution >= 0.6 is 0 Å². The van der Waals surface area contributed by atoms with E-state index in [0.717, 1.165) is 27.8 Å². The van der Waals surface area contributed by atoms with Crippen LogP contribution in [0.5, 0.6) is 5.75 Å². The van der Waals surface area contributed by atoms with Crippen LogP contribution in [-0.4, -0.2) is 31.2 Å². The predicted octanol–water partition coefficient (Wildman–Crippen LogP) is 3.30. The number of benzene rings is 3. The third-order valence-electron chi connectivity index (χ3n) is 5.37. The smallest absolute Gasteiger partial charge is 0.409 e. The van der Waals surface area contributed by atoms with Crippen LogP contribution in [0.1, 0.15) is 22.6 Å². The van der Waals surface area contributed by atoms with Crippen molar-refractivity contribution >= 4 is 18.1 Å². The topological polar surface area (TPSA) is 120 Å². The third-order valence-corrected chi connectivity index (χ3v) is 5.37. The standard InChI is InChI=1S/C25H23N3O5/c26-24(30)33-17-11-9-16(10-12-17)13-27-23(29)14-28-25(31)32-15-22-20-7-3-1-5-18(20)19-6-2-4-8-21(19)22/h1-12,22H,13-15H2,(H2,26,30)(H,27,29)(H,28,31). The highest BCUT2D eigenvalue weighted by Gasteiger charge is 2.29. The molecule has 0 saturated carbocycles. The summed E-state index contributed by atoms with van der Waals surface area (Å²) in [5.74, 6) is -0.0889. The molecule has 3 amide bonds. The van der Waals surface area contributed by atoms with Crippen molar-refractivity contribution in [2.45, 2.75) is 12.5 Å². The molecule has 3 aromatic carbocycles. The average Bonchev–Trinajstić information content (AvgIpc) is 3.14. The molecule has 0 saturated heterocycles. The molecule has 8 heteroatoms. The Labute approximate surface area is 190 Å². The third kappa shape index (κ3) is 5.30. The van der Waals surface area contributed by atoms with E-state index in [9.17, 15) is 14.4 Å². The molecular weight excluding hydrogens is 422 g/mol. The van der Waals surface area contributed by atoms with Gasteiger partial charge in [0.15, 0.2) is 0 Å². The second kappa shape index (κ2) is 9.86. The maximum absolute atomic E-state index is 12.2. The van der Waals surface area contributed by atoms with Gasteiger partial charge in [-0.1, -0.05) is 60.7 Å². The van der Waals surface area contributed by atoms with Crippen molar-refractivity contribution in [2.24, 2.45) is 5.73 Å². The summed E-state index contributed by atoms with van der Waals surface area (Å²) in [5.41, 5.74) is 10.3. The van der Waals surface area contributed by atoms with E-state index < -0.39 is 12.2 Å². The molecule has 4 N–H and O–H groups in total. The monoisotopic (exact) mass is 445 g/mol. The number of nitrogens with two attached hydrogens (primary N) is 1. The molecule has 0 unspecified atom stereocenters. The highest BCUT2D eigenvalue weighted by atomic mass is 16.6. The van der Waals surface area contributed by atoms with Gasteiger partial charge in [-0.2, -0.15) is 0 Å². The van der Waals surface area contributed by atoms with E-state index in [1.807, 2.05) is 36.4 Å². The van der Waals surface area contributed by atoms with Gasteiger partial charge in [0, 0.05) is 12.5 Å². The fraction of sp³-hybridized carbons (Fsp3) is 0.160. The molecule has 0 radical (unpaired) electrons. The molecule has 33 heavy (non-hydrogen) atoms. The number of primary amides is 1. The number of nitrogens with one attached hydrogen (secondary N) is 2. The highest BCUT2D eigenvalue weighted by Crippen LogP contribution is 2.44. The second-order valence-electron chi connectivity index (χ2n) is 7.52. The molecule has 168 valence electrons. The number of carbonyl (C=O) groups excluding carboxylic acids is 3. The van der Waals surface area contributed by atoms with Crippen molar-refractivity contribution in [1.29, 1.82) is 0 Å². The van der Waals surface area contributed by atoms with Gasteiger partial charge in [-0.25, -0.2) is 9.59 Å². The number of alkyl carbamates (subject to hydrolysis) is 1. The summed E-state index contributed by atoms with van der Waals surface area (Å²) in [6.45, 7) is 0.225. The summed E-state index contributed by atoms with van der Waals surface area (Å²) >= 11 is 0. The van der Waals surface area contributed by atoms with Crippen molar-refractivity contribution in [3.8, 4) is 16.9 Å². The molecule has 3 aromatic rings. The minimum atomic E-state index is -0.893. The van der Waals surface area contributed by atoms with Crippen molar-refractivity contribution in [1.82, 2.24) is 10.6 Å². The first-order valence-electron chi connectivity index (χ1n) is 10.4. The summed E-state index contributed by atoms with van der Waals surface area (Å²) in [6.07, 6.45) is -1.55. The molecule has 0 aromatic heterocycles. The fourth-order valence-corrected chi connectivity index (χ4v) is 3.86. The summed E-state index contributed by atoms with van der Waals surface area (Å²) in [6, 6.07) is 22.7. The number of fused-ring (bicyclic) bond motifs is 3. The van der Waals surface area contributed by atoms with E-state index in [1.54, 1.807) is 24.3 Å². The quantitative estimate of drug-likeness (QED) is 0.515. The largest absolute Gasteiger partial charge is 0.449 e. The molecule has 0 spiro atoms. The van der Waals surface area contributed by atoms with Crippen LogP contribution in [0.25, 0.3) is 11.1 Å². The molecule has 0 bridgehead atoms. The summed E-state index contributed by atoms with van der Waals surface area (Å²) in [7, 11) is 0. The van der Waals surface area contributed by atoms with Crippen LogP contribution in [0.15, 0.2) is 72.8 Å². The molecule has 1 aliphatic rings. The minimum Gasteiger partial charge on any atom is -0.449 e. The molecule has 0 aliphatic heterocycles. The Morgan fingerprint density at radius 3 is 2.03 bits per heavy atom. The Morgan fingerprint density at radius 2 is 1.42 bits per heavy atom. The van der Waals surface area contributed by atoms with E-state index in [2.05, 4.69) is 22.8 Å². The van der Waals surface area contributed by atoms with Gasteiger partial charge in [0.1, 0.15) is 18.9 Å². The fourth-order valence-electron chi connectivity index (χ4n) is 3.86. The Morgan fingerprint density at radius 1 is 0.818 bits per heavy atom. The number of carbonyl (C=O) groups is 3. The second-order valence-corrected chi connectivity index (χ2v) is 7.52. The average molecular weight is 445 g/mol. The number of amides is 3. The number of rotatable bonds is 7. The Kier molecular flexibility index (Phi) is 6.54. The molecule has 0 atom stereocenters. The zero-order chi connectivity index (χ0) is 23.2. The summed E-state index contributed by atoms with van der Waals surface area (Å²) in [5, 5.41) is 5.17. The van der Waals surface area contributed by atoms with Crippen LogP contribution in [0.2, 0.25) is 0 Å². The molecule has 4 rings (SSSR count). The SMILES string of the molecule is NC(=O)Oc1ccc(CNC(=O)CNC(=O)OCC2c3ccccc3-c3ccccc32)cc1. The van der Waals surface area contributed by atoms with E-state index in [4.69, 9.17) is 15.2 Å². The van der Waals surface area contributed by atoms with Gasteiger partial charge in [0.05, 0.1) is 0 Å². The van der Waals surface area contributed by atoms with Crippen molar-refractivity contribution in [3.63, 3.8) is 0 Å². The number of hydrogen-bond donors (Lipinski definition) is 3. The van der Waals surface area contributed by atoms with Gasteiger partial charge in [-0.3, -0.25) is 4.79 Å². The molecule has 0 heterocycles. The van der Waals surface area contributed by atoms with Gasteiger partial charge in [-0.15, -0.1) is 0 Å². The lowest BCUT2D eigenvalue weighted by molar-refractivity contribution is -0.120. The lowest BCUT2D eigenvalue weighted by Crippen LogP contribution is -2.37. The van der Waals surface area contributed by atoms with Crippen molar-refractivity contribution in [3.05, 3.63) is 89.5 Å². The first-order valence-corrected chi connectivity index (χ1v) is 10.4. The molecular formula is C25H23N3O5. The first kappa shape index (κ1) is 21.9. The molecule has 0 fully saturated rings. The summed E-state index contributed by atoms with van der Waals surface area (Å²) < 4.78 is 10.2. The predicted molar refractivity (Wildman–Crippen MR) is 122 cm³/mol. The Bertz CT molecular complexity index is 1130. The van der Waals surface area contributed by atoms with E-state index >= 15 is 0 Å². The van der Waals surface area contributed by atoms with E-state index in [1.165, 1.54) is 0 Å². The normalized spacial score (nSPS) is 11.8. The van der Waals surface area contributed by atoms with E-state index in [-0.39, 0.29) is 31.5 Å². The van der Waals surface area contributed by atoms with Gasteiger partial charge in [-0.05, 0) is 39.9 Å². The van der Waals surface area contributed by atoms with E-state index in [0.29, 0.717) is 5.75 Å². The first-order chi connectivity index (χ1) is 16.0. The Balaban J connectivity index is 1.23. The Hall–Kier alpha value is -4.33. The summed E-state index contributed by atoms with van der Waals surface area (Å²) in [4.78, 5) is 34.9. The van der Waals surface area contributed by atoms with Crippen LogP contribution in [0.4, 0.5) is 9.59 Å². The zero-order valence-electron chi connectivity index (χ0n) is 17.7. The van der Waals surface area contributed by atoms with Gasteiger partial charge in [0.2, 0.25) is 5.91 Å². The lowest BCUT2D eigenvalue weighted by atomic mass is 9.98. The van der Waals surface area contributed by atoms with Crippen LogP contribution in [0, 0.1) is 0 Å². The maximum Gasteiger partial charge on any atom is 0.409 e. The zero-order valence-corrected chi connectivity index (χ0v) is 17.7. The maximum atomic E-state index is 12.2. The van der Waals surface area contributed by atoms with Gasteiger partial charge >= 0.3 is 12.2 Å². The van der Waals surface area contributed by atoms with Crippen LogP contribution < -0.4 is 21.1 Å². The van der Waals surface area contributed by atoms with Crippen LogP contribution in [-0.2, 0) is 16.1 Å². The number of hydrogen-bond acceptors (Lipinski definition) is 5. The van der Waals surface area contributed by atoms with Crippen LogP contribution in [0.3, 0.4) is 0 Å². The van der Waals surface area contributed by atoms with Crippen molar-refractivity contribution < 1.29 is 23.9 Å². The van der Waals surface area contributed by atoms with Gasteiger partial charge < -0.3 is 25.8 Å².